The lowest BCUT2D eigenvalue weighted by Gasteiger charge is -2.24. The van der Waals surface area contributed by atoms with E-state index in [1.54, 1.807) is 0 Å². The van der Waals surface area contributed by atoms with E-state index in [1.807, 2.05) is 0 Å². The number of hydroxylamine groups is 1. The molecule has 0 aliphatic heterocycles. The highest BCUT2D eigenvalue weighted by Gasteiger charge is 1.98. The second-order valence-corrected chi connectivity index (χ2v) is 2.64. The first-order chi connectivity index (χ1) is 6.09. The highest BCUT2D eigenvalue weighted by Crippen LogP contribution is 2.18. The van der Waals surface area contributed by atoms with Gasteiger partial charge < -0.3 is 15.0 Å². The van der Waals surface area contributed by atoms with Crippen LogP contribution in [0.15, 0.2) is 24.3 Å². The summed E-state index contributed by atoms with van der Waals surface area (Å²) in [5.41, 5.74) is -0.419. The zero-order valence-electron chi connectivity index (χ0n) is 6.86. The molecule has 0 atom stereocenters. The number of carbonyl (C=O) groups is 1. The van der Waals surface area contributed by atoms with Gasteiger partial charge in [-0.1, -0.05) is 0 Å². The topological polar surface area (TPSA) is 52.6 Å². The Morgan fingerprint density at radius 3 is 2.38 bits per heavy atom. The van der Waals surface area contributed by atoms with E-state index in [0.717, 1.165) is 0 Å². The van der Waals surface area contributed by atoms with Crippen molar-refractivity contribution in [2.75, 3.05) is 12.1 Å². The summed E-state index contributed by atoms with van der Waals surface area (Å²) in [6.45, 7) is 0. The molecular formula is C8H7ClNO3-. The van der Waals surface area contributed by atoms with Crippen LogP contribution in [0.4, 0.5) is 10.5 Å². The number of carbonyl (C=O) groups excluding carboxylic acids is 1. The fraction of sp³-hybridized carbons (Fsp3) is 0.125. The smallest absolute Gasteiger partial charge is 0.409 e. The molecule has 0 aromatic heterocycles. The number of hydrogen-bond donors (Lipinski definition) is 0. The average molecular weight is 201 g/mol. The molecular weight excluding hydrogens is 194 g/mol. The van der Waals surface area contributed by atoms with E-state index in [1.165, 1.54) is 31.3 Å². The second kappa shape index (κ2) is 4.11. The van der Waals surface area contributed by atoms with E-state index in [-0.39, 0.29) is 0 Å². The minimum absolute atomic E-state index is 0.311. The van der Waals surface area contributed by atoms with Gasteiger partial charge in [-0.3, -0.25) is 0 Å². The molecule has 4 nitrogen and oxygen atoms in total. The minimum atomic E-state index is -0.900. The van der Waals surface area contributed by atoms with Crippen molar-refractivity contribution in [1.82, 2.24) is 0 Å². The third-order valence-corrected chi connectivity index (χ3v) is 1.48. The molecule has 0 saturated carbocycles. The van der Waals surface area contributed by atoms with E-state index in [9.17, 15) is 10.0 Å². The Balaban J connectivity index is 2.75. The molecule has 5 heteroatoms. The van der Waals surface area contributed by atoms with Crippen molar-refractivity contribution >= 4 is 22.7 Å². The van der Waals surface area contributed by atoms with Crippen molar-refractivity contribution in [2.24, 2.45) is 0 Å². The Labute approximate surface area is 80.2 Å². The first-order valence-corrected chi connectivity index (χ1v) is 3.85. The Hall–Kier alpha value is -1.26. The van der Waals surface area contributed by atoms with Gasteiger partial charge in [0.15, 0.2) is 0 Å². The van der Waals surface area contributed by atoms with Crippen LogP contribution in [0.25, 0.3) is 0 Å². The van der Waals surface area contributed by atoms with Crippen LogP contribution in [-0.2, 0) is 0 Å². The Morgan fingerprint density at radius 2 is 2.00 bits per heavy atom. The van der Waals surface area contributed by atoms with E-state index in [2.05, 4.69) is 4.74 Å². The number of benzene rings is 1. The number of hydrogen-bond acceptors (Lipinski definition) is 4. The van der Waals surface area contributed by atoms with Gasteiger partial charge in [-0.2, -0.15) is 0 Å². The normalized spacial score (nSPS) is 9.46. The van der Waals surface area contributed by atoms with E-state index in [0.29, 0.717) is 16.5 Å². The maximum absolute atomic E-state index is 10.8. The molecule has 0 N–H and O–H groups in total. The van der Waals surface area contributed by atoms with Gasteiger partial charge in [0.1, 0.15) is 5.75 Å². The molecule has 1 aromatic carbocycles. The minimum Gasteiger partial charge on any atom is -0.758 e. The van der Waals surface area contributed by atoms with Gasteiger partial charge in [0, 0.05) is 17.3 Å². The maximum Gasteiger partial charge on any atom is 0.409 e. The van der Waals surface area contributed by atoms with Gasteiger partial charge in [-0.05, 0) is 31.3 Å². The zero-order chi connectivity index (χ0) is 9.84. The molecule has 0 bridgehead atoms. The molecule has 0 saturated heterocycles. The third-order valence-electron chi connectivity index (χ3n) is 1.40. The number of anilines is 1. The molecule has 0 aliphatic carbocycles. The number of halogens is 1. The summed E-state index contributed by atoms with van der Waals surface area (Å²) in [6, 6.07) is 6.04. The number of rotatable bonds is 2. The molecule has 0 aliphatic rings. The van der Waals surface area contributed by atoms with Crippen molar-refractivity contribution in [2.45, 2.75) is 0 Å². The fourth-order valence-corrected chi connectivity index (χ4v) is 0.906. The third kappa shape index (κ3) is 2.93. The lowest BCUT2D eigenvalue weighted by molar-refractivity contribution is 0.225. The van der Waals surface area contributed by atoms with Gasteiger partial charge in [0.05, 0.1) is 0 Å². The summed E-state index contributed by atoms with van der Waals surface area (Å²) in [6.07, 6.45) is 0. The molecule has 1 aromatic rings. The summed E-state index contributed by atoms with van der Waals surface area (Å²) in [7, 11) is 1.38. The highest BCUT2D eigenvalue weighted by molar-refractivity contribution is 6.61. The monoisotopic (exact) mass is 200 g/mol. The average Bonchev–Trinajstić information content (AvgIpc) is 2.04. The van der Waals surface area contributed by atoms with Crippen LogP contribution in [0.5, 0.6) is 5.75 Å². The summed E-state index contributed by atoms with van der Waals surface area (Å²) < 4.78 is 4.55. The van der Waals surface area contributed by atoms with Crippen LogP contribution in [0.2, 0.25) is 0 Å². The Kier molecular flexibility index (Phi) is 3.11. The van der Waals surface area contributed by atoms with Crippen molar-refractivity contribution < 1.29 is 9.53 Å². The van der Waals surface area contributed by atoms with Gasteiger partial charge in [-0.15, -0.1) is 0 Å². The molecule has 0 unspecified atom stereocenters. The Bertz CT molecular complexity index is 297. The van der Waals surface area contributed by atoms with Gasteiger partial charge in [0.2, 0.25) is 0 Å². The largest absolute Gasteiger partial charge is 0.758 e. The molecule has 0 fully saturated rings. The Morgan fingerprint density at radius 1 is 1.46 bits per heavy atom. The molecule has 0 amide bonds. The molecule has 1 rings (SSSR count). The molecule has 0 spiro atoms. The zero-order valence-corrected chi connectivity index (χ0v) is 7.62. The van der Waals surface area contributed by atoms with E-state index < -0.39 is 5.43 Å². The van der Waals surface area contributed by atoms with Crippen molar-refractivity contribution in [3.05, 3.63) is 29.5 Å². The molecule has 0 heterocycles. The van der Waals surface area contributed by atoms with Crippen molar-refractivity contribution in [1.29, 1.82) is 0 Å². The van der Waals surface area contributed by atoms with Crippen LogP contribution in [0, 0.1) is 5.21 Å². The van der Waals surface area contributed by atoms with Crippen LogP contribution in [-0.4, -0.2) is 12.5 Å². The van der Waals surface area contributed by atoms with Crippen molar-refractivity contribution in [3.63, 3.8) is 0 Å². The first kappa shape index (κ1) is 9.83. The van der Waals surface area contributed by atoms with Crippen molar-refractivity contribution in [3.8, 4) is 5.75 Å². The first-order valence-electron chi connectivity index (χ1n) is 3.48. The van der Waals surface area contributed by atoms with E-state index in [4.69, 9.17) is 11.6 Å². The van der Waals surface area contributed by atoms with Crippen LogP contribution in [0.1, 0.15) is 0 Å². The quantitative estimate of drug-likeness (QED) is 0.543. The molecule has 70 valence electrons. The van der Waals surface area contributed by atoms with Gasteiger partial charge >= 0.3 is 5.43 Å². The highest BCUT2D eigenvalue weighted by atomic mass is 35.5. The van der Waals surface area contributed by atoms with Gasteiger partial charge in [-0.25, -0.2) is 4.79 Å². The number of ether oxygens (including phenoxy) is 1. The van der Waals surface area contributed by atoms with Crippen LogP contribution < -0.4 is 9.80 Å². The SMILES string of the molecule is CN([O-])c1ccc(OC(=O)Cl)cc1. The molecule has 13 heavy (non-hydrogen) atoms. The van der Waals surface area contributed by atoms with E-state index >= 15 is 0 Å². The fourth-order valence-electron chi connectivity index (χ4n) is 0.817. The van der Waals surface area contributed by atoms with Gasteiger partial charge in [0.25, 0.3) is 0 Å². The summed E-state index contributed by atoms with van der Waals surface area (Å²) >= 11 is 4.98. The summed E-state index contributed by atoms with van der Waals surface area (Å²) in [5.74, 6) is 0.311. The summed E-state index contributed by atoms with van der Waals surface area (Å²) in [5, 5.41) is 11.5. The second-order valence-electron chi connectivity index (χ2n) is 2.33. The lowest BCUT2D eigenvalue weighted by Crippen LogP contribution is -2.05. The lowest BCUT2D eigenvalue weighted by atomic mass is 10.3. The summed E-state index contributed by atoms with van der Waals surface area (Å²) in [4.78, 5) is 10.3. The standard InChI is InChI=1S/C8H7ClNO3/c1-10(12)6-2-4-7(5-3-6)13-8(9)11/h2-5H,1H3/q-1. The van der Waals surface area contributed by atoms with Crippen LogP contribution >= 0.6 is 11.6 Å². The predicted molar refractivity (Wildman–Crippen MR) is 50.1 cm³/mol. The molecule has 0 radical (unpaired) electrons. The van der Waals surface area contributed by atoms with Crippen LogP contribution in [0.3, 0.4) is 0 Å². The number of nitrogens with zero attached hydrogens (tertiary/aromatic N) is 1. The predicted octanol–water partition coefficient (Wildman–Crippen LogP) is 2.36. The maximum atomic E-state index is 10.8.